The van der Waals surface area contributed by atoms with E-state index in [4.69, 9.17) is 4.74 Å². The molecule has 0 bridgehead atoms. The van der Waals surface area contributed by atoms with Gasteiger partial charge in [0.15, 0.2) is 6.29 Å². The largest absolute Gasteiger partial charge is 0.376 e. The van der Waals surface area contributed by atoms with Crippen LogP contribution in [0.3, 0.4) is 0 Å². The monoisotopic (exact) mass is 194 g/mol. The third-order valence-electron chi connectivity index (χ3n) is 2.46. The van der Waals surface area contributed by atoms with Crippen LogP contribution in [0.25, 0.3) is 0 Å². The first-order valence-corrected chi connectivity index (χ1v) is 4.87. The third-order valence-corrected chi connectivity index (χ3v) is 2.46. The summed E-state index contributed by atoms with van der Waals surface area (Å²) in [6.07, 6.45) is 1.69. The van der Waals surface area contributed by atoms with E-state index in [0.29, 0.717) is 18.9 Å². The number of hydrogen-bond donors (Lipinski definition) is 0. The van der Waals surface area contributed by atoms with Crippen LogP contribution >= 0.6 is 0 Å². The Balaban J connectivity index is 2.51. The molecule has 2 heterocycles. The van der Waals surface area contributed by atoms with Crippen LogP contribution in [0.4, 0.5) is 0 Å². The smallest absolute Gasteiger partial charge is 0.168 e. The fourth-order valence-electron chi connectivity index (χ4n) is 1.75. The van der Waals surface area contributed by atoms with E-state index in [1.165, 1.54) is 0 Å². The van der Waals surface area contributed by atoms with Gasteiger partial charge >= 0.3 is 0 Å². The van der Waals surface area contributed by atoms with Crippen molar-refractivity contribution in [3.8, 4) is 0 Å². The first-order chi connectivity index (χ1) is 6.74. The highest BCUT2D eigenvalue weighted by atomic mass is 16.5. The highest BCUT2D eigenvalue weighted by molar-refractivity contribution is 5.75. The molecule has 0 unspecified atom stereocenters. The summed E-state index contributed by atoms with van der Waals surface area (Å²) < 4.78 is 7.10. The summed E-state index contributed by atoms with van der Waals surface area (Å²) in [5, 5.41) is 4.43. The predicted octanol–water partition coefficient (Wildman–Crippen LogP) is 1.35. The maximum Gasteiger partial charge on any atom is 0.168 e. The average Bonchev–Trinajstić information content (AvgIpc) is 2.56. The maximum atomic E-state index is 10.9. The lowest BCUT2D eigenvalue weighted by Crippen LogP contribution is -2.09. The summed E-state index contributed by atoms with van der Waals surface area (Å²) in [4.78, 5) is 10.9. The van der Waals surface area contributed by atoms with Gasteiger partial charge in [-0.3, -0.25) is 9.48 Å². The second-order valence-electron chi connectivity index (χ2n) is 3.77. The lowest BCUT2D eigenvalue weighted by molar-refractivity contribution is 0.105. The Morgan fingerprint density at radius 2 is 2.36 bits per heavy atom. The summed E-state index contributed by atoms with van der Waals surface area (Å²) in [5.41, 5.74) is 2.67. The van der Waals surface area contributed by atoms with E-state index in [9.17, 15) is 4.79 Å². The van der Waals surface area contributed by atoms with E-state index in [1.807, 2.05) is 13.8 Å². The van der Waals surface area contributed by atoms with Gasteiger partial charge in [-0.1, -0.05) is 0 Å². The number of hydrogen-bond acceptors (Lipinski definition) is 3. The van der Waals surface area contributed by atoms with Gasteiger partial charge in [-0.25, -0.2) is 0 Å². The van der Waals surface area contributed by atoms with Gasteiger partial charge in [0.1, 0.15) is 5.69 Å². The second-order valence-corrected chi connectivity index (χ2v) is 3.77. The Morgan fingerprint density at radius 1 is 1.57 bits per heavy atom. The van der Waals surface area contributed by atoms with Crippen molar-refractivity contribution in [2.75, 3.05) is 6.61 Å². The van der Waals surface area contributed by atoms with Gasteiger partial charge in [-0.05, 0) is 13.8 Å². The zero-order valence-electron chi connectivity index (χ0n) is 8.49. The Labute approximate surface area is 82.9 Å². The minimum atomic E-state index is 0.223. The Hall–Kier alpha value is -1.16. The number of rotatable bonds is 2. The lowest BCUT2D eigenvalue weighted by Gasteiger charge is -2.10. The molecular weight excluding hydrogens is 180 g/mol. The molecule has 1 aromatic heterocycles. The highest BCUT2D eigenvalue weighted by Crippen LogP contribution is 2.21. The van der Waals surface area contributed by atoms with E-state index in [0.717, 1.165) is 24.0 Å². The van der Waals surface area contributed by atoms with Crippen LogP contribution in [0.5, 0.6) is 0 Å². The predicted molar refractivity (Wildman–Crippen MR) is 51.4 cm³/mol. The fraction of sp³-hybridized carbons (Fsp3) is 0.600. The molecule has 0 atom stereocenters. The molecule has 1 aliphatic rings. The average molecular weight is 194 g/mol. The molecule has 0 radical (unpaired) electrons. The molecule has 1 aliphatic heterocycles. The van der Waals surface area contributed by atoms with E-state index >= 15 is 0 Å². The fourth-order valence-corrected chi connectivity index (χ4v) is 1.75. The summed E-state index contributed by atoms with van der Waals surface area (Å²) >= 11 is 0. The van der Waals surface area contributed by atoms with Crippen molar-refractivity contribution in [2.24, 2.45) is 0 Å². The molecule has 0 aliphatic carbocycles. The quantitative estimate of drug-likeness (QED) is 0.667. The number of carbonyl (C=O) groups is 1. The van der Waals surface area contributed by atoms with Gasteiger partial charge < -0.3 is 4.74 Å². The van der Waals surface area contributed by atoms with E-state index < -0.39 is 0 Å². The van der Waals surface area contributed by atoms with Crippen molar-refractivity contribution < 1.29 is 9.53 Å². The van der Waals surface area contributed by atoms with Crippen molar-refractivity contribution in [2.45, 2.75) is 32.9 Å². The van der Waals surface area contributed by atoms with Crippen molar-refractivity contribution in [1.29, 1.82) is 0 Å². The molecule has 2 rings (SSSR count). The molecule has 4 heteroatoms. The van der Waals surface area contributed by atoms with Crippen LogP contribution in [0, 0.1) is 0 Å². The Morgan fingerprint density at radius 3 is 3.00 bits per heavy atom. The van der Waals surface area contributed by atoms with Gasteiger partial charge in [-0.2, -0.15) is 5.10 Å². The van der Waals surface area contributed by atoms with Gasteiger partial charge in [0.25, 0.3) is 0 Å². The summed E-state index contributed by atoms with van der Waals surface area (Å²) in [6, 6.07) is 0.223. The topological polar surface area (TPSA) is 44.1 Å². The lowest BCUT2D eigenvalue weighted by atomic mass is 10.1. The first-order valence-electron chi connectivity index (χ1n) is 4.87. The Bertz CT molecular complexity index is 355. The number of aldehydes is 1. The summed E-state index contributed by atoms with van der Waals surface area (Å²) in [5.74, 6) is 0. The van der Waals surface area contributed by atoms with E-state index in [-0.39, 0.29) is 6.04 Å². The van der Waals surface area contributed by atoms with Crippen molar-refractivity contribution in [3.63, 3.8) is 0 Å². The van der Waals surface area contributed by atoms with Crippen LogP contribution in [0.2, 0.25) is 0 Å². The summed E-state index contributed by atoms with van der Waals surface area (Å²) in [7, 11) is 0. The molecule has 1 aromatic rings. The number of nitrogens with zero attached hydrogens (tertiary/aromatic N) is 2. The molecule has 4 nitrogen and oxygen atoms in total. The number of carbonyl (C=O) groups excluding carboxylic acids is 1. The van der Waals surface area contributed by atoms with Crippen molar-refractivity contribution >= 4 is 6.29 Å². The van der Waals surface area contributed by atoms with Gasteiger partial charge in [0.05, 0.1) is 18.9 Å². The number of aromatic nitrogens is 2. The molecular formula is C10H14N2O2. The third kappa shape index (κ3) is 1.35. The van der Waals surface area contributed by atoms with E-state index in [2.05, 4.69) is 5.10 Å². The van der Waals surface area contributed by atoms with Crippen molar-refractivity contribution in [1.82, 2.24) is 9.78 Å². The minimum Gasteiger partial charge on any atom is -0.376 e. The number of fused-ring (bicyclic) bond motifs is 1. The second kappa shape index (κ2) is 3.53. The standard InChI is InChI=1S/C10H14N2O2/c1-7(2)12-10(5-13)8-6-14-4-3-9(8)11-12/h5,7H,3-4,6H2,1-2H3. The van der Waals surface area contributed by atoms with Crippen LogP contribution < -0.4 is 0 Å². The molecule has 14 heavy (non-hydrogen) atoms. The molecule has 76 valence electrons. The zero-order chi connectivity index (χ0) is 10.1. The zero-order valence-corrected chi connectivity index (χ0v) is 8.49. The van der Waals surface area contributed by atoms with Crippen LogP contribution in [-0.4, -0.2) is 22.7 Å². The highest BCUT2D eigenvalue weighted by Gasteiger charge is 2.21. The van der Waals surface area contributed by atoms with Crippen LogP contribution in [0.15, 0.2) is 0 Å². The SMILES string of the molecule is CC(C)n1nc2c(c1C=O)COCC2. The molecule has 0 saturated carbocycles. The molecule has 0 saturated heterocycles. The Kier molecular flexibility index (Phi) is 2.37. The maximum absolute atomic E-state index is 10.9. The minimum absolute atomic E-state index is 0.223. The molecule has 0 N–H and O–H groups in total. The van der Waals surface area contributed by atoms with Crippen LogP contribution in [-0.2, 0) is 17.8 Å². The molecule has 0 amide bonds. The van der Waals surface area contributed by atoms with Crippen LogP contribution in [0.1, 0.15) is 41.6 Å². The van der Waals surface area contributed by atoms with Crippen molar-refractivity contribution in [3.05, 3.63) is 17.0 Å². The van der Waals surface area contributed by atoms with Gasteiger partial charge in [0, 0.05) is 18.0 Å². The van der Waals surface area contributed by atoms with Gasteiger partial charge in [-0.15, -0.1) is 0 Å². The molecule has 0 fully saturated rings. The first kappa shape index (κ1) is 9.40. The molecule has 0 aromatic carbocycles. The summed E-state index contributed by atoms with van der Waals surface area (Å²) in [6.45, 7) is 5.27. The van der Waals surface area contributed by atoms with Gasteiger partial charge in [0.2, 0.25) is 0 Å². The number of ether oxygens (including phenoxy) is 1. The molecule has 0 spiro atoms. The van der Waals surface area contributed by atoms with E-state index in [1.54, 1.807) is 4.68 Å². The normalized spacial score (nSPS) is 15.6.